The van der Waals surface area contributed by atoms with E-state index in [1.54, 1.807) is 7.11 Å². The van der Waals surface area contributed by atoms with Gasteiger partial charge in [0.2, 0.25) is 5.91 Å². The van der Waals surface area contributed by atoms with E-state index in [1.807, 2.05) is 30.0 Å². The monoisotopic (exact) mass is 433 g/mol. The number of carbonyl (C=O) groups excluding carboxylic acids is 1. The maximum absolute atomic E-state index is 13.2. The predicted molar refractivity (Wildman–Crippen MR) is 130 cm³/mol. The normalized spacial score (nSPS) is 20.8. The number of nitrogens with zero attached hydrogens (tertiary/aromatic N) is 1. The van der Waals surface area contributed by atoms with Gasteiger partial charge in [-0.25, -0.2) is 0 Å². The molecule has 0 aliphatic carbocycles. The highest BCUT2D eigenvalue weighted by Gasteiger charge is 2.29. The number of H-pyrrole nitrogens is 1. The van der Waals surface area contributed by atoms with Crippen molar-refractivity contribution >= 4 is 16.8 Å². The highest BCUT2D eigenvalue weighted by Crippen LogP contribution is 2.31. The zero-order chi connectivity index (χ0) is 22.7. The fraction of sp³-hybridized carbons (Fsp3) is 0.444. The second-order valence-corrected chi connectivity index (χ2v) is 9.43. The van der Waals surface area contributed by atoms with Crippen LogP contribution in [0.5, 0.6) is 5.75 Å². The summed E-state index contributed by atoms with van der Waals surface area (Å²) in [5.74, 6) is 2.29. The van der Waals surface area contributed by atoms with Gasteiger partial charge < -0.3 is 19.9 Å². The number of rotatable bonds is 7. The Kier molecular flexibility index (Phi) is 6.85. The van der Waals surface area contributed by atoms with Crippen molar-refractivity contribution in [1.82, 2.24) is 15.2 Å². The predicted octanol–water partition coefficient (Wildman–Crippen LogP) is 4.79. The smallest absolute Gasteiger partial charge is 0.239 e. The van der Waals surface area contributed by atoms with Crippen molar-refractivity contribution in [3.8, 4) is 5.75 Å². The molecule has 0 unspecified atom stereocenters. The molecule has 4 atom stereocenters. The van der Waals surface area contributed by atoms with Gasteiger partial charge in [0.1, 0.15) is 5.75 Å². The molecule has 1 aromatic heterocycles. The molecule has 1 fully saturated rings. The number of aromatic nitrogens is 1. The second kappa shape index (κ2) is 9.78. The number of benzene rings is 2. The number of nitrogens with one attached hydrogen (secondary N) is 2. The summed E-state index contributed by atoms with van der Waals surface area (Å²) in [6.45, 7) is 8.88. The van der Waals surface area contributed by atoms with Crippen molar-refractivity contribution < 1.29 is 9.53 Å². The van der Waals surface area contributed by atoms with E-state index in [0.29, 0.717) is 18.4 Å². The largest absolute Gasteiger partial charge is 0.497 e. The summed E-state index contributed by atoms with van der Waals surface area (Å²) in [5.41, 5.74) is 3.56. The molecular formula is C27H35N3O2. The number of hydrogen-bond acceptors (Lipinski definition) is 3. The molecule has 1 aliphatic heterocycles. The van der Waals surface area contributed by atoms with Crippen LogP contribution in [0.2, 0.25) is 0 Å². The third kappa shape index (κ3) is 4.83. The molecule has 0 saturated carbocycles. The number of piperidine rings is 1. The first-order valence-corrected chi connectivity index (χ1v) is 11.7. The first-order valence-electron chi connectivity index (χ1n) is 11.7. The third-order valence-electron chi connectivity index (χ3n) is 6.69. The maximum atomic E-state index is 13.2. The molecular weight excluding hydrogens is 398 g/mol. The summed E-state index contributed by atoms with van der Waals surface area (Å²) < 4.78 is 5.35. The van der Waals surface area contributed by atoms with E-state index in [-0.39, 0.29) is 17.9 Å². The molecule has 1 saturated heterocycles. The molecule has 4 rings (SSSR count). The Labute approximate surface area is 191 Å². The number of amides is 1. The van der Waals surface area contributed by atoms with Gasteiger partial charge in [0.15, 0.2) is 0 Å². The molecule has 0 bridgehead atoms. The summed E-state index contributed by atoms with van der Waals surface area (Å²) in [6.07, 6.45) is 3.30. The molecule has 2 aromatic carbocycles. The van der Waals surface area contributed by atoms with Crippen LogP contribution in [0, 0.1) is 11.8 Å². The number of carbonyl (C=O) groups is 1. The third-order valence-corrected chi connectivity index (χ3v) is 6.69. The molecule has 32 heavy (non-hydrogen) atoms. The van der Waals surface area contributed by atoms with E-state index in [0.717, 1.165) is 24.4 Å². The van der Waals surface area contributed by atoms with Gasteiger partial charge in [-0.05, 0) is 54.5 Å². The van der Waals surface area contributed by atoms with Crippen molar-refractivity contribution in [2.24, 2.45) is 11.8 Å². The highest BCUT2D eigenvalue weighted by molar-refractivity contribution is 5.84. The van der Waals surface area contributed by atoms with Crippen LogP contribution in [0.4, 0.5) is 0 Å². The van der Waals surface area contributed by atoms with Crippen LogP contribution in [0.3, 0.4) is 0 Å². The molecule has 0 radical (unpaired) electrons. The average molecular weight is 434 g/mol. The van der Waals surface area contributed by atoms with E-state index in [9.17, 15) is 4.79 Å². The van der Waals surface area contributed by atoms with E-state index in [1.165, 1.54) is 22.9 Å². The Bertz CT molecular complexity index is 1030. The first kappa shape index (κ1) is 22.4. The van der Waals surface area contributed by atoms with Crippen LogP contribution >= 0.6 is 0 Å². The molecule has 3 aromatic rings. The van der Waals surface area contributed by atoms with E-state index in [4.69, 9.17) is 4.74 Å². The molecule has 1 amide bonds. The van der Waals surface area contributed by atoms with E-state index in [2.05, 4.69) is 60.7 Å². The fourth-order valence-corrected chi connectivity index (χ4v) is 5.12. The number of para-hydroxylation sites is 1. The van der Waals surface area contributed by atoms with Gasteiger partial charge in [0.05, 0.1) is 13.2 Å². The van der Waals surface area contributed by atoms with Gasteiger partial charge in [-0.3, -0.25) is 4.79 Å². The van der Waals surface area contributed by atoms with Gasteiger partial charge in [-0.1, -0.05) is 44.2 Å². The van der Waals surface area contributed by atoms with Crippen molar-refractivity contribution in [3.63, 3.8) is 0 Å². The highest BCUT2D eigenvalue weighted by atomic mass is 16.5. The molecule has 170 valence electrons. The average Bonchev–Trinajstić information content (AvgIpc) is 3.22. The molecule has 1 aliphatic rings. The van der Waals surface area contributed by atoms with Crippen LogP contribution in [-0.4, -0.2) is 48.6 Å². The Morgan fingerprint density at radius 2 is 1.81 bits per heavy atom. The SMILES string of the molecule is COc1ccc([C@H](CN[C@H](C)C(=O)N2C[C@H](C)C[C@@H](C)C2)c2c[nH]c3ccccc23)cc1. The quantitative estimate of drug-likeness (QED) is 0.563. The molecule has 0 spiro atoms. The lowest BCUT2D eigenvalue weighted by Gasteiger charge is -2.36. The Morgan fingerprint density at radius 1 is 1.12 bits per heavy atom. The number of aromatic amines is 1. The summed E-state index contributed by atoms with van der Waals surface area (Å²) in [5, 5.41) is 4.77. The number of methoxy groups -OCH3 is 1. The second-order valence-electron chi connectivity index (χ2n) is 9.43. The summed E-state index contributed by atoms with van der Waals surface area (Å²) in [6, 6.07) is 16.4. The van der Waals surface area contributed by atoms with Crippen LogP contribution in [0.15, 0.2) is 54.7 Å². The minimum atomic E-state index is -0.224. The van der Waals surface area contributed by atoms with Crippen LogP contribution in [-0.2, 0) is 4.79 Å². The molecule has 2 N–H and O–H groups in total. The van der Waals surface area contributed by atoms with Crippen molar-refractivity contribution in [3.05, 3.63) is 65.9 Å². The minimum Gasteiger partial charge on any atom is -0.497 e. The minimum absolute atomic E-state index is 0.117. The van der Waals surface area contributed by atoms with Gasteiger partial charge in [0, 0.05) is 42.7 Å². The number of likely N-dealkylation sites (tertiary alicyclic amines) is 1. The number of hydrogen-bond donors (Lipinski definition) is 2. The van der Waals surface area contributed by atoms with Gasteiger partial charge >= 0.3 is 0 Å². The standard InChI is InChI=1S/C27H35N3O2/c1-18-13-19(2)17-30(16-18)27(31)20(3)28-14-24(21-9-11-22(32-4)12-10-21)25-15-29-26-8-6-5-7-23(25)26/h5-12,15,18-20,24,28-29H,13-14,16-17H2,1-4H3/t18-,19-,20-,24+/m1/s1. The van der Waals surface area contributed by atoms with E-state index < -0.39 is 0 Å². The Balaban J connectivity index is 1.54. The van der Waals surface area contributed by atoms with Gasteiger partial charge in [0.25, 0.3) is 0 Å². The van der Waals surface area contributed by atoms with Crippen molar-refractivity contribution in [2.75, 3.05) is 26.7 Å². The van der Waals surface area contributed by atoms with Crippen molar-refractivity contribution in [1.29, 1.82) is 0 Å². The zero-order valence-corrected chi connectivity index (χ0v) is 19.6. The summed E-state index contributed by atoms with van der Waals surface area (Å²) in [7, 11) is 1.68. The Morgan fingerprint density at radius 3 is 2.50 bits per heavy atom. The van der Waals surface area contributed by atoms with Crippen LogP contribution in [0.25, 0.3) is 10.9 Å². The Hall–Kier alpha value is -2.79. The fourth-order valence-electron chi connectivity index (χ4n) is 5.12. The number of fused-ring (bicyclic) bond motifs is 1. The lowest BCUT2D eigenvalue weighted by atomic mass is 9.90. The molecule has 2 heterocycles. The van der Waals surface area contributed by atoms with E-state index >= 15 is 0 Å². The number of ether oxygens (including phenoxy) is 1. The summed E-state index contributed by atoms with van der Waals surface area (Å²) >= 11 is 0. The summed E-state index contributed by atoms with van der Waals surface area (Å²) in [4.78, 5) is 18.6. The lowest BCUT2D eigenvalue weighted by molar-refractivity contribution is -0.135. The van der Waals surface area contributed by atoms with Crippen LogP contribution < -0.4 is 10.1 Å². The lowest BCUT2D eigenvalue weighted by Crippen LogP contribution is -2.50. The van der Waals surface area contributed by atoms with Gasteiger partial charge in [-0.15, -0.1) is 0 Å². The van der Waals surface area contributed by atoms with Crippen LogP contribution in [0.1, 0.15) is 44.2 Å². The van der Waals surface area contributed by atoms with Gasteiger partial charge in [-0.2, -0.15) is 0 Å². The topological polar surface area (TPSA) is 57.4 Å². The zero-order valence-electron chi connectivity index (χ0n) is 19.6. The molecule has 5 heteroatoms. The van der Waals surface area contributed by atoms with Crippen molar-refractivity contribution in [2.45, 2.75) is 39.2 Å². The molecule has 5 nitrogen and oxygen atoms in total. The maximum Gasteiger partial charge on any atom is 0.239 e. The first-order chi connectivity index (χ1) is 15.5.